The lowest BCUT2D eigenvalue weighted by molar-refractivity contribution is -0.147. The maximum Gasteiger partial charge on any atom is 0.418 e. The van der Waals surface area contributed by atoms with E-state index in [-0.39, 0.29) is 11.4 Å². The van der Waals surface area contributed by atoms with E-state index in [9.17, 15) is 22.8 Å². The van der Waals surface area contributed by atoms with E-state index in [0.717, 1.165) is 28.7 Å². The molecule has 3 aromatic rings. The lowest BCUT2D eigenvalue weighted by atomic mass is 10.1. The number of alkyl halides is 3. The van der Waals surface area contributed by atoms with Gasteiger partial charge in [0.1, 0.15) is 0 Å². The molecule has 32 heavy (non-hydrogen) atoms. The lowest BCUT2D eigenvalue weighted by Crippen LogP contribution is -2.23. The number of amides is 1. The van der Waals surface area contributed by atoms with Gasteiger partial charge in [-0.1, -0.05) is 11.6 Å². The molecule has 0 atom stereocenters. The molecule has 0 aliphatic carbocycles. The molecule has 0 radical (unpaired) electrons. The molecule has 0 saturated heterocycles. The van der Waals surface area contributed by atoms with E-state index >= 15 is 0 Å². The summed E-state index contributed by atoms with van der Waals surface area (Å²) in [5.74, 6) is -1.56. The van der Waals surface area contributed by atoms with Crippen molar-refractivity contribution in [1.82, 2.24) is 14.6 Å². The third-order valence-electron chi connectivity index (χ3n) is 4.79. The number of aryl methyl sites for hydroxylation is 3. The van der Waals surface area contributed by atoms with Gasteiger partial charge in [0, 0.05) is 28.9 Å². The topological polar surface area (TPSA) is 85.6 Å². The number of benzene rings is 1. The molecular formula is C21H20ClF3N4O3. The Morgan fingerprint density at radius 3 is 2.59 bits per heavy atom. The first-order chi connectivity index (χ1) is 15.0. The van der Waals surface area contributed by atoms with Crippen LogP contribution in [0.4, 0.5) is 18.9 Å². The molecule has 11 heteroatoms. The average molecular weight is 469 g/mol. The van der Waals surface area contributed by atoms with Crippen molar-refractivity contribution in [2.75, 3.05) is 11.9 Å². The molecule has 0 aliphatic rings. The number of nitrogens with one attached hydrogen (secondary N) is 1. The van der Waals surface area contributed by atoms with Crippen molar-refractivity contribution < 1.29 is 27.5 Å². The molecule has 170 valence electrons. The minimum absolute atomic E-state index is 0.0306. The van der Waals surface area contributed by atoms with Crippen LogP contribution in [0.15, 0.2) is 24.3 Å². The maximum absolute atomic E-state index is 13.1. The third kappa shape index (κ3) is 5.37. The summed E-state index contributed by atoms with van der Waals surface area (Å²) in [6.45, 7) is 4.83. The molecule has 1 amide bonds. The first-order valence-electron chi connectivity index (χ1n) is 9.60. The van der Waals surface area contributed by atoms with Gasteiger partial charge in [0.15, 0.2) is 12.3 Å². The van der Waals surface area contributed by atoms with Crippen LogP contribution in [0.2, 0.25) is 5.02 Å². The van der Waals surface area contributed by atoms with Crippen molar-refractivity contribution in [2.45, 2.75) is 39.8 Å². The van der Waals surface area contributed by atoms with Crippen molar-refractivity contribution in [3.63, 3.8) is 0 Å². The number of rotatable bonds is 6. The number of aromatic nitrogens is 3. The monoisotopic (exact) mass is 468 g/mol. The van der Waals surface area contributed by atoms with Gasteiger partial charge in [-0.25, -0.2) is 9.50 Å². The van der Waals surface area contributed by atoms with Crippen molar-refractivity contribution in [3.8, 4) is 0 Å². The minimum atomic E-state index is -4.71. The highest BCUT2D eigenvalue weighted by Gasteiger charge is 2.34. The van der Waals surface area contributed by atoms with Crippen LogP contribution in [0.1, 0.15) is 34.6 Å². The number of hydrogen-bond donors (Lipinski definition) is 1. The van der Waals surface area contributed by atoms with Gasteiger partial charge in [0.2, 0.25) is 0 Å². The molecule has 0 unspecified atom stereocenters. The molecule has 0 spiro atoms. The van der Waals surface area contributed by atoms with Crippen LogP contribution in [-0.2, 0) is 26.9 Å². The van der Waals surface area contributed by atoms with Crippen LogP contribution in [0.5, 0.6) is 0 Å². The Morgan fingerprint density at radius 2 is 1.91 bits per heavy atom. The van der Waals surface area contributed by atoms with Crippen LogP contribution in [0.3, 0.4) is 0 Å². The van der Waals surface area contributed by atoms with Gasteiger partial charge < -0.3 is 10.1 Å². The van der Waals surface area contributed by atoms with Gasteiger partial charge in [0.05, 0.1) is 16.9 Å². The van der Waals surface area contributed by atoms with E-state index in [4.69, 9.17) is 16.3 Å². The van der Waals surface area contributed by atoms with Gasteiger partial charge in [-0.15, -0.1) is 0 Å². The highest BCUT2D eigenvalue weighted by molar-refractivity contribution is 6.30. The van der Waals surface area contributed by atoms with Gasteiger partial charge >= 0.3 is 12.1 Å². The van der Waals surface area contributed by atoms with Crippen LogP contribution >= 0.6 is 11.6 Å². The molecule has 7 nitrogen and oxygen atoms in total. The predicted molar refractivity (Wildman–Crippen MR) is 112 cm³/mol. The second-order valence-electron chi connectivity index (χ2n) is 7.21. The van der Waals surface area contributed by atoms with E-state index in [1.54, 1.807) is 4.52 Å². The van der Waals surface area contributed by atoms with Crippen molar-refractivity contribution in [1.29, 1.82) is 0 Å². The van der Waals surface area contributed by atoms with Crippen LogP contribution in [0.25, 0.3) is 5.65 Å². The van der Waals surface area contributed by atoms with Crippen LogP contribution < -0.4 is 5.32 Å². The number of esters is 1. The summed E-state index contributed by atoms with van der Waals surface area (Å²) in [5, 5.41) is 6.35. The zero-order valence-corrected chi connectivity index (χ0v) is 18.3. The Morgan fingerprint density at radius 1 is 1.19 bits per heavy atom. The molecular weight excluding hydrogens is 449 g/mol. The molecule has 0 bridgehead atoms. The standard InChI is InChI=1S/C21H20ClF3N4O3/c1-11-8-18-26-12(2)15(13(3)29(18)28-11)5-7-20(31)32-10-19(30)27-17-6-4-14(22)9-16(17)21(23,24)25/h4,6,8-9H,5,7,10H2,1-3H3,(H,27,30). The fourth-order valence-electron chi connectivity index (χ4n) is 3.29. The number of nitrogens with zero attached hydrogens (tertiary/aromatic N) is 3. The zero-order chi connectivity index (χ0) is 23.6. The number of hydrogen-bond acceptors (Lipinski definition) is 5. The van der Waals surface area contributed by atoms with E-state index in [2.05, 4.69) is 15.4 Å². The number of ether oxygens (including phenoxy) is 1. The smallest absolute Gasteiger partial charge is 0.418 e. The quantitative estimate of drug-likeness (QED) is 0.540. The van der Waals surface area contributed by atoms with Gasteiger partial charge in [0.25, 0.3) is 5.91 Å². The van der Waals surface area contributed by atoms with Gasteiger partial charge in [-0.3, -0.25) is 9.59 Å². The van der Waals surface area contributed by atoms with Crippen LogP contribution in [0, 0.1) is 20.8 Å². The Labute approximate surface area is 186 Å². The minimum Gasteiger partial charge on any atom is -0.456 e. The number of fused-ring (bicyclic) bond motifs is 1. The average Bonchev–Trinajstić information content (AvgIpc) is 3.07. The predicted octanol–water partition coefficient (Wildman–Crippen LogP) is 4.44. The molecule has 2 aromatic heterocycles. The lowest BCUT2D eigenvalue weighted by Gasteiger charge is -2.14. The van der Waals surface area contributed by atoms with Crippen molar-refractivity contribution in [2.24, 2.45) is 0 Å². The first kappa shape index (κ1) is 23.5. The second-order valence-corrected chi connectivity index (χ2v) is 7.65. The van der Waals surface area contributed by atoms with E-state index in [0.29, 0.717) is 18.1 Å². The number of anilines is 1. The molecule has 1 N–H and O–H groups in total. The zero-order valence-electron chi connectivity index (χ0n) is 17.5. The van der Waals surface area contributed by atoms with Crippen molar-refractivity contribution >= 4 is 34.8 Å². The van der Waals surface area contributed by atoms with Crippen LogP contribution in [-0.4, -0.2) is 33.1 Å². The normalized spacial score (nSPS) is 11.6. The first-order valence-corrected chi connectivity index (χ1v) is 9.98. The Kier molecular flexibility index (Phi) is 6.73. The highest BCUT2D eigenvalue weighted by atomic mass is 35.5. The van der Waals surface area contributed by atoms with E-state index in [1.165, 1.54) is 6.07 Å². The maximum atomic E-state index is 13.1. The molecule has 2 heterocycles. The summed E-state index contributed by atoms with van der Waals surface area (Å²) in [4.78, 5) is 28.6. The fourth-order valence-corrected chi connectivity index (χ4v) is 3.47. The van der Waals surface area contributed by atoms with E-state index < -0.39 is 35.9 Å². The summed E-state index contributed by atoms with van der Waals surface area (Å²) in [6.07, 6.45) is -4.42. The molecule has 3 rings (SSSR count). The number of carbonyl (C=O) groups excluding carboxylic acids is 2. The number of halogens is 4. The largest absolute Gasteiger partial charge is 0.456 e. The van der Waals surface area contributed by atoms with Gasteiger partial charge in [-0.05, 0) is 51.0 Å². The van der Waals surface area contributed by atoms with Crippen molar-refractivity contribution in [3.05, 3.63) is 57.5 Å². The molecule has 1 aromatic carbocycles. The highest BCUT2D eigenvalue weighted by Crippen LogP contribution is 2.36. The Hall–Kier alpha value is -3.14. The Balaban J connectivity index is 1.58. The molecule has 0 aliphatic heterocycles. The summed E-state index contributed by atoms with van der Waals surface area (Å²) in [7, 11) is 0. The SMILES string of the molecule is Cc1cc2nc(C)c(CCC(=O)OCC(=O)Nc3ccc(Cl)cc3C(F)(F)F)c(C)n2n1. The fraction of sp³-hybridized carbons (Fsp3) is 0.333. The second kappa shape index (κ2) is 9.15. The summed E-state index contributed by atoms with van der Waals surface area (Å²) in [6, 6.07) is 4.81. The third-order valence-corrected chi connectivity index (χ3v) is 5.03. The number of carbonyl (C=O) groups is 2. The molecule has 0 fully saturated rings. The summed E-state index contributed by atoms with van der Waals surface area (Å²) >= 11 is 5.61. The van der Waals surface area contributed by atoms with E-state index in [1.807, 2.05) is 26.8 Å². The van der Waals surface area contributed by atoms with Gasteiger partial charge in [-0.2, -0.15) is 18.3 Å². The molecule has 0 saturated carbocycles. The summed E-state index contributed by atoms with van der Waals surface area (Å²) in [5.41, 5.74) is 2.39. The Bertz CT molecular complexity index is 1190. The summed E-state index contributed by atoms with van der Waals surface area (Å²) < 4.78 is 45.9.